The lowest BCUT2D eigenvalue weighted by molar-refractivity contribution is 0.0952. The maximum atomic E-state index is 11.8. The summed E-state index contributed by atoms with van der Waals surface area (Å²) < 4.78 is 10.4. The van der Waals surface area contributed by atoms with Gasteiger partial charge in [-0.1, -0.05) is 19.8 Å². The maximum absolute atomic E-state index is 11.8. The van der Waals surface area contributed by atoms with Crippen molar-refractivity contribution in [2.24, 2.45) is 0 Å². The monoisotopic (exact) mass is 235 g/mol. The highest BCUT2D eigenvalue weighted by atomic mass is 16.7. The molecule has 1 amide bonds. The highest BCUT2D eigenvalue weighted by Crippen LogP contribution is 2.32. The number of carbonyl (C=O) groups excluding carboxylic acids is 1. The number of rotatable bonds is 5. The average Bonchev–Trinajstić information content (AvgIpc) is 2.81. The molecule has 92 valence electrons. The Morgan fingerprint density at radius 2 is 2.12 bits per heavy atom. The van der Waals surface area contributed by atoms with Gasteiger partial charge < -0.3 is 14.8 Å². The fourth-order valence-electron chi connectivity index (χ4n) is 1.72. The van der Waals surface area contributed by atoms with Crippen molar-refractivity contribution in [1.29, 1.82) is 0 Å². The lowest BCUT2D eigenvalue weighted by atomic mass is 10.2. The summed E-state index contributed by atoms with van der Waals surface area (Å²) in [5, 5.41) is 2.89. The molecule has 1 aromatic rings. The van der Waals surface area contributed by atoms with Crippen molar-refractivity contribution in [3.05, 3.63) is 23.8 Å². The van der Waals surface area contributed by atoms with E-state index < -0.39 is 0 Å². The van der Waals surface area contributed by atoms with E-state index in [9.17, 15) is 4.79 Å². The Balaban J connectivity index is 1.91. The standard InChI is InChI=1S/C13H17NO3/c1-2-3-4-7-14-13(15)10-5-6-11-12(8-10)17-9-16-11/h5-6,8H,2-4,7,9H2,1H3,(H,14,15). The summed E-state index contributed by atoms with van der Waals surface area (Å²) in [5.74, 6) is 1.29. The number of unbranched alkanes of at least 4 members (excludes halogenated alkanes) is 2. The second-order valence-electron chi connectivity index (χ2n) is 4.03. The molecule has 1 N–H and O–H groups in total. The Labute approximate surface area is 101 Å². The van der Waals surface area contributed by atoms with Gasteiger partial charge in [-0.3, -0.25) is 4.79 Å². The normalized spacial score (nSPS) is 12.5. The maximum Gasteiger partial charge on any atom is 0.251 e. The third-order valence-electron chi connectivity index (χ3n) is 2.70. The molecule has 4 nitrogen and oxygen atoms in total. The molecule has 2 rings (SSSR count). The minimum Gasteiger partial charge on any atom is -0.454 e. The van der Waals surface area contributed by atoms with Crippen LogP contribution >= 0.6 is 0 Å². The van der Waals surface area contributed by atoms with E-state index in [1.54, 1.807) is 18.2 Å². The highest BCUT2D eigenvalue weighted by molar-refractivity contribution is 5.94. The molecule has 0 radical (unpaired) electrons. The first-order chi connectivity index (χ1) is 8.31. The fraction of sp³-hybridized carbons (Fsp3) is 0.462. The van der Waals surface area contributed by atoms with Crippen molar-refractivity contribution < 1.29 is 14.3 Å². The van der Waals surface area contributed by atoms with Gasteiger partial charge in [-0.05, 0) is 24.6 Å². The topological polar surface area (TPSA) is 47.6 Å². The molecule has 1 aliphatic heterocycles. The molecule has 1 aromatic carbocycles. The number of hydrogen-bond acceptors (Lipinski definition) is 3. The molecule has 0 aliphatic carbocycles. The van der Waals surface area contributed by atoms with Gasteiger partial charge in [-0.15, -0.1) is 0 Å². The lowest BCUT2D eigenvalue weighted by Gasteiger charge is -2.05. The molecule has 0 atom stereocenters. The molecule has 1 aliphatic rings. The van der Waals surface area contributed by atoms with E-state index in [2.05, 4.69) is 12.2 Å². The van der Waals surface area contributed by atoms with Gasteiger partial charge in [0.05, 0.1) is 0 Å². The number of ether oxygens (including phenoxy) is 2. The van der Waals surface area contributed by atoms with Gasteiger partial charge in [0.1, 0.15) is 0 Å². The first-order valence-electron chi connectivity index (χ1n) is 5.99. The van der Waals surface area contributed by atoms with Gasteiger partial charge in [0.25, 0.3) is 5.91 Å². The van der Waals surface area contributed by atoms with Crippen LogP contribution in [0.5, 0.6) is 11.5 Å². The van der Waals surface area contributed by atoms with Crippen molar-refractivity contribution in [3.63, 3.8) is 0 Å². The molecule has 17 heavy (non-hydrogen) atoms. The Morgan fingerprint density at radius 1 is 1.29 bits per heavy atom. The van der Waals surface area contributed by atoms with E-state index in [1.807, 2.05) is 0 Å². The summed E-state index contributed by atoms with van der Waals surface area (Å²) in [7, 11) is 0. The number of fused-ring (bicyclic) bond motifs is 1. The largest absolute Gasteiger partial charge is 0.454 e. The summed E-state index contributed by atoms with van der Waals surface area (Å²) in [5.41, 5.74) is 0.616. The first kappa shape index (κ1) is 11.8. The fourth-order valence-corrected chi connectivity index (χ4v) is 1.72. The molecule has 4 heteroatoms. The van der Waals surface area contributed by atoms with Crippen LogP contribution in [0.15, 0.2) is 18.2 Å². The quantitative estimate of drug-likeness (QED) is 0.797. The van der Waals surface area contributed by atoms with Crippen LogP contribution in [-0.2, 0) is 0 Å². The number of benzene rings is 1. The Bertz CT molecular complexity index is 404. The van der Waals surface area contributed by atoms with Crippen LogP contribution in [0.3, 0.4) is 0 Å². The van der Waals surface area contributed by atoms with Gasteiger partial charge in [-0.2, -0.15) is 0 Å². The van der Waals surface area contributed by atoms with Crippen LogP contribution < -0.4 is 14.8 Å². The molecule has 0 spiro atoms. The molecule has 0 unspecified atom stereocenters. The van der Waals surface area contributed by atoms with Crippen molar-refractivity contribution >= 4 is 5.91 Å². The van der Waals surface area contributed by atoms with Crippen LogP contribution in [0.1, 0.15) is 36.5 Å². The number of nitrogens with one attached hydrogen (secondary N) is 1. The van der Waals surface area contributed by atoms with Crippen molar-refractivity contribution in [2.75, 3.05) is 13.3 Å². The average molecular weight is 235 g/mol. The predicted molar refractivity (Wildman–Crippen MR) is 64.4 cm³/mol. The summed E-state index contributed by atoms with van der Waals surface area (Å²) in [6, 6.07) is 5.24. The molecule has 0 aromatic heterocycles. The van der Waals surface area contributed by atoms with Gasteiger partial charge in [0.2, 0.25) is 6.79 Å². The van der Waals surface area contributed by atoms with E-state index in [0.717, 1.165) is 25.8 Å². The smallest absolute Gasteiger partial charge is 0.251 e. The van der Waals surface area contributed by atoms with Crippen LogP contribution in [0, 0.1) is 0 Å². The van der Waals surface area contributed by atoms with Crippen LogP contribution in [0.25, 0.3) is 0 Å². The second kappa shape index (κ2) is 5.57. The van der Waals surface area contributed by atoms with Gasteiger partial charge >= 0.3 is 0 Å². The lowest BCUT2D eigenvalue weighted by Crippen LogP contribution is -2.24. The number of carbonyl (C=O) groups is 1. The van der Waals surface area contributed by atoms with E-state index in [1.165, 1.54) is 0 Å². The molecule has 1 heterocycles. The van der Waals surface area contributed by atoms with Gasteiger partial charge in [0.15, 0.2) is 11.5 Å². The molecule has 0 saturated heterocycles. The molecule has 0 fully saturated rings. The summed E-state index contributed by atoms with van der Waals surface area (Å²) in [6.07, 6.45) is 3.31. The Kier molecular flexibility index (Phi) is 3.85. The Hall–Kier alpha value is -1.71. The molecular formula is C13H17NO3. The summed E-state index contributed by atoms with van der Waals surface area (Å²) in [6.45, 7) is 3.09. The minimum absolute atomic E-state index is 0.0561. The van der Waals surface area contributed by atoms with E-state index in [4.69, 9.17) is 9.47 Å². The van der Waals surface area contributed by atoms with Crippen molar-refractivity contribution in [2.45, 2.75) is 26.2 Å². The number of amides is 1. The zero-order valence-corrected chi connectivity index (χ0v) is 9.99. The first-order valence-corrected chi connectivity index (χ1v) is 5.99. The minimum atomic E-state index is -0.0561. The summed E-state index contributed by atoms with van der Waals surface area (Å²) >= 11 is 0. The molecular weight excluding hydrogens is 218 g/mol. The van der Waals surface area contributed by atoms with Crippen LogP contribution in [-0.4, -0.2) is 19.2 Å². The third kappa shape index (κ3) is 2.90. The highest BCUT2D eigenvalue weighted by Gasteiger charge is 2.15. The molecule has 0 saturated carbocycles. The van der Waals surface area contributed by atoms with Crippen LogP contribution in [0.2, 0.25) is 0 Å². The Morgan fingerprint density at radius 3 is 2.94 bits per heavy atom. The SMILES string of the molecule is CCCCCNC(=O)c1ccc2c(c1)OCO2. The van der Waals surface area contributed by atoms with E-state index >= 15 is 0 Å². The van der Waals surface area contributed by atoms with E-state index in [-0.39, 0.29) is 12.7 Å². The number of hydrogen-bond donors (Lipinski definition) is 1. The third-order valence-corrected chi connectivity index (χ3v) is 2.70. The molecule has 0 bridgehead atoms. The zero-order chi connectivity index (χ0) is 12.1. The predicted octanol–water partition coefficient (Wildman–Crippen LogP) is 2.34. The van der Waals surface area contributed by atoms with Crippen molar-refractivity contribution in [1.82, 2.24) is 5.32 Å². The van der Waals surface area contributed by atoms with E-state index in [0.29, 0.717) is 17.1 Å². The zero-order valence-electron chi connectivity index (χ0n) is 9.99. The van der Waals surface area contributed by atoms with Gasteiger partial charge in [-0.25, -0.2) is 0 Å². The van der Waals surface area contributed by atoms with Crippen molar-refractivity contribution in [3.8, 4) is 11.5 Å². The second-order valence-corrected chi connectivity index (χ2v) is 4.03. The van der Waals surface area contributed by atoms with Gasteiger partial charge in [0, 0.05) is 12.1 Å². The summed E-state index contributed by atoms with van der Waals surface area (Å²) in [4.78, 5) is 11.8. The van der Waals surface area contributed by atoms with Crippen LogP contribution in [0.4, 0.5) is 0 Å².